The zero-order valence-electron chi connectivity index (χ0n) is 18.6. The van der Waals surface area contributed by atoms with E-state index in [9.17, 15) is 9.18 Å². The SMILES string of the molecule is CC1=C(C(=O)Nc2cccnc2)[C@H](c2cccc(F)c2)n2nc(SCc3ccccc3Cl)nc2N1. The van der Waals surface area contributed by atoms with Crippen molar-refractivity contribution in [2.45, 2.75) is 23.9 Å². The second kappa shape index (κ2) is 9.89. The van der Waals surface area contributed by atoms with E-state index in [1.54, 1.807) is 48.3 Å². The summed E-state index contributed by atoms with van der Waals surface area (Å²) < 4.78 is 15.8. The molecule has 2 aromatic heterocycles. The van der Waals surface area contributed by atoms with Crippen LogP contribution in [0.4, 0.5) is 16.0 Å². The summed E-state index contributed by atoms with van der Waals surface area (Å²) >= 11 is 7.71. The molecule has 1 aliphatic heterocycles. The van der Waals surface area contributed by atoms with Crippen LogP contribution in [0.2, 0.25) is 5.02 Å². The van der Waals surface area contributed by atoms with Crippen LogP contribution in [-0.4, -0.2) is 25.7 Å². The molecule has 0 fully saturated rings. The van der Waals surface area contributed by atoms with E-state index in [-0.39, 0.29) is 5.91 Å². The molecule has 3 heterocycles. The fraction of sp³-hybridized carbons (Fsp3) is 0.120. The Kier molecular flexibility index (Phi) is 6.52. The molecule has 0 spiro atoms. The summed E-state index contributed by atoms with van der Waals surface area (Å²) in [5.74, 6) is 0.301. The number of benzene rings is 2. The van der Waals surface area contributed by atoms with Crippen LogP contribution >= 0.6 is 23.4 Å². The van der Waals surface area contributed by atoms with Gasteiger partial charge in [-0.1, -0.05) is 53.7 Å². The number of nitrogens with one attached hydrogen (secondary N) is 2. The number of carbonyl (C=O) groups is 1. The maximum Gasteiger partial charge on any atom is 0.255 e. The van der Waals surface area contributed by atoms with Crippen molar-refractivity contribution in [1.82, 2.24) is 19.7 Å². The highest BCUT2D eigenvalue weighted by molar-refractivity contribution is 7.98. The average molecular weight is 507 g/mol. The van der Waals surface area contributed by atoms with E-state index >= 15 is 0 Å². The molecule has 1 atom stereocenters. The number of nitrogens with zero attached hydrogens (tertiary/aromatic N) is 4. The van der Waals surface area contributed by atoms with Crippen LogP contribution < -0.4 is 10.6 Å². The van der Waals surface area contributed by atoms with Gasteiger partial charge < -0.3 is 10.6 Å². The third-order valence-electron chi connectivity index (χ3n) is 5.48. The first-order chi connectivity index (χ1) is 17.0. The molecule has 176 valence electrons. The Balaban J connectivity index is 1.50. The van der Waals surface area contributed by atoms with Crippen LogP contribution in [0.1, 0.15) is 24.1 Å². The Morgan fingerprint density at radius 2 is 2.06 bits per heavy atom. The maximum atomic E-state index is 14.2. The van der Waals surface area contributed by atoms with Gasteiger partial charge in [-0.05, 0) is 48.4 Å². The van der Waals surface area contributed by atoms with Crippen molar-refractivity contribution in [2.75, 3.05) is 10.6 Å². The summed E-state index contributed by atoms with van der Waals surface area (Å²) in [6.45, 7) is 1.79. The smallest absolute Gasteiger partial charge is 0.255 e. The molecule has 0 saturated carbocycles. The standard InChI is InChI=1S/C25H20ClFN6OS/c1-15-21(23(34)30-19-9-5-11-28-13-19)22(16-7-4-8-18(27)12-16)33-24(29-15)31-25(32-33)35-14-17-6-2-3-10-20(17)26/h2-13,22H,14H2,1H3,(H,30,34)(H,29,31,32)/t22-/m0/s1. The van der Waals surface area contributed by atoms with Crippen molar-refractivity contribution in [3.05, 3.63) is 106 Å². The number of fused-ring (bicyclic) bond motifs is 1. The molecular weight excluding hydrogens is 487 g/mol. The highest BCUT2D eigenvalue weighted by Gasteiger charge is 2.34. The molecule has 2 aromatic carbocycles. The van der Waals surface area contributed by atoms with Gasteiger partial charge in [0.05, 0.1) is 17.5 Å². The minimum Gasteiger partial charge on any atom is -0.328 e. The number of thioether (sulfide) groups is 1. The van der Waals surface area contributed by atoms with Gasteiger partial charge in [0, 0.05) is 22.7 Å². The van der Waals surface area contributed by atoms with E-state index in [1.165, 1.54) is 23.9 Å². The highest BCUT2D eigenvalue weighted by Crippen LogP contribution is 2.37. The maximum absolute atomic E-state index is 14.2. The van der Waals surface area contributed by atoms with E-state index in [2.05, 4.69) is 25.7 Å². The molecule has 10 heteroatoms. The Hall–Kier alpha value is -3.69. The number of pyridine rings is 1. The van der Waals surface area contributed by atoms with Crippen LogP contribution in [0.25, 0.3) is 0 Å². The molecule has 2 N–H and O–H groups in total. The normalized spacial score (nSPS) is 14.9. The summed E-state index contributed by atoms with van der Waals surface area (Å²) in [6, 6.07) is 16.5. The highest BCUT2D eigenvalue weighted by atomic mass is 35.5. The Morgan fingerprint density at radius 1 is 1.20 bits per heavy atom. The molecule has 0 unspecified atom stereocenters. The lowest BCUT2D eigenvalue weighted by Gasteiger charge is -2.28. The predicted molar refractivity (Wildman–Crippen MR) is 135 cm³/mol. The van der Waals surface area contributed by atoms with E-state index in [1.807, 2.05) is 24.3 Å². The first-order valence-electron chi connectivity index (χ1n) is 10.8. The van der Waals surface area contributed by atoms with Crippen LogP contribution in [-0.2, 0) is 10.5 Å². The minimum absolute atomic E-state index is 0.344. The third-order valence-corrected chi connectivity index (χ3v) is 6.73. The van der Waals surface area contributed by atoms with Gasteiger partial charge in [0.25, 0.3) is 5.91 Å². The minimum atomic E-state index is -0.680. The van der Waals surface area contributed by atoms with Gasteiger partial charge in [-0.3, -0.25) is 9.78 Å². The first-order valence-corrected chi connectivity index (χ1v) is 12.1. The zero-order valence-corrected chi connectivity index (χ0v) is 20.1. The quantitative estimate of drug-likeness (QED) is 0.327. The Labute approximate surface area is 210 Å². The fourth-order valence-corrected chi connectivity index (χ4v) is 4.98. The summed E-state index contributed by atoms with van der Waals surface area (Å²) in [5, 5.41) is 11.9. The average Bonchev–Trinajstić information content (AvgIpc) is 3.25. The van der Waals surface area contributed by atoms with Crippen LogP contribution in [0.5, 0.6) is 0 Å². The number of anilines is 2. The Morgan fingerprint density at radius 3 is 2.83 bits per heavy atom. The molecule has 0 aliphatic carbocycles. The summed E-state index contributed by atoms with van der Waals surface area (Å²) in [4.78, 5) is 22.1. The third kappa shape index (κ3) is 4.91. The van der Waals surface area contributed by atoms with Gasteiger partial charge in [-0.15, -0.1) is 5.10 Å². The number of hydrogen-bond donors (Lipinski definition) is 2. The Bertz CT molecular complexity index is 1420. The lowest BCUT2D eigenvalue weighted by atomic mass is 9.95. The van der Waals surface area contributed by atoms with Crippen LogP contribution in [0, 0.1) is 5.82 Å². The number of rotatable bonds is 6. The fourth-order valence-electron chi connectivity index (χ4n) is 3.86. The largest absolute Gasteiger partial charge is 0.328 e. The van der Waals surface area contributed by atoms with E-state index < -0.39 is 11.9 Å². The van der Waals surface area contributed by atoms with Crippen molar-refractivity contribution in [1.29, 1.82) is 0 Å². The predicted octanol–water partition coefficient (Wildman–Crippen LogP) is 5.69. The van der Waals surface area contributed by atoms with Crippen molar-refractivity contribution < 1.29 is 9.18 Å². The van der Waals surface area contributed by atoms with E-state index in [0.717, 1.165) is 5.56 Å². The van der Waals surface area contributed by atoms with Gasteiger partial charge >= 0.3 is 0 Å². The number of allylic oxidation sites excluding steroid dienone is 1. The molecular formula is C25H20ClFN6OS. The molecule has 7 nitrogen and oxygen atoms in total. The molecule has 1 amide bonds. The topological polar surface area (TPSA) is 84.7 Å². The molecule has 0 radical (unpaired) electrons. The van der Waals surface area contributed by atoms with Crippen molar-refractivity contribution in [2.24, 2.45) is 0 Å². The van der Waals surface area contributed by atoms with Gasteiger partial charge in [0.15, 0.2) is 0 Å². The monoisotopic (exact) mass is 506 g/mol. The van der Waals surface area contributed by atoms with Crippen molar-refractivity contribution in [3.63, 3.8) is 0 Å². The first kappa shape index (κ1) is 23.1. The van der Waals surface area contributed by atoms with Gasteiger partial charge in [-0.2, -0.15) is 4.98 Å². The van der Waals surface area contributed by atoms with Crippen molar-refractivity contribution >= 4 is 40.9 Å². The van der Waals surface area contributed by atoms with Gasteiger partial charge in [0.1, 0.15) is 11.9 Å². The lowest BCUT2D eigenvalue weighted by Crippen LogP contribution is -2.31. The lowest BCUT2D eigenvalue weighted by molar-refractivity contribution is -0.113. The molecule has 5 rings (SSSR count). The zero-order chi connectivity index (χ0) is 24.4. The number of aromatic nitrogens is 4. The van der Waals surface area contributed by atoms with Gasteiger partial charge in [0.2, 0.25) is 11.1 Å². The molecule has 0 bridgehead atoms. The molecule has 35 heavy (non-hydrogen) atoms. The van der Waals surface area contributed by atoms with Crippen LogP contribution in [0.15, 0.2) is 89.5 Å². The second-order valence-corrected chi connectivity index (χ2v) is 9.21. The summed E-state index contributed by atoms with van der Waals surface area (Å²) in [5.41, 5.74) is 3.10. The molecule has 0 saturated heterocycles. The van der Waals surface area contributed by atoms with Gasteiger partial charge in [-0.25, -0.2) is 9.07 Å². The number of hydrogen-bond acceptors (Lipinski definition) is 6. The number of halogens is 2. The van der Waals surface area contributed by atoms with Crippen molar-refractivity contribution in [3.8, 4) is 0 Å². The molecule has 4 aromatic rings. The van der Waals surface area contributed by atoms with E-state index in [4.69, 9.17) is 11.6 Å². The van der Waals surface area contributed by atoms with Crippen LogP contribution in [0.3, 0.4) is 0 Å². The summed E-state index contributed by atoms with van der Waals surface area (Å²) in [7, 11) is 0. The summed E-state index contributed by atoms with van der Waals surface area (Å²) in [6.07, 6.45) is 3.19. The molecule has 1 aliphatic rings. The number of amides is 1. The number of carbonyl (C=O) groups excluding carboxylic acids is 1. The second-order valence-electron chi connectivity index (χ2n) is 7.86. The van der Waals surface area contributed by atoms with E-state index in [0.29, 0.717) is 44.4 Å².